The number of hydrogen-bond acceptors (Lipinski definition) is 6. The number of nitrogen functional groups attached to an aromatic ring is 1. The van der Waals surface area contributed by atoms with E-state index in [4.69, 9.17) is 22.4 Å². The van der Waals surface area contributed by atoms with Crippen molar-refractivity contribution < 1.29 is 4.79 Å². The number of aromatic nitrogens is 4. The Morgan fingerprint density at radius 3 is 2.50 bits per heavy atom. The van der Waals surface area contributed by atoms with Crippen LogP contribution in [-0.4, -0.2) is 57.2 Å². The van der Waals surface area contributed by atoms with Crippen molar-refractivity contribution in [3.63, 3.8) is 0 Å². The topological polar surface area (TPSA) is 93.2 Å². The number of nitrogens with zero attached hydrogens (tertiary/aromatic N) is 6. The van der Waals surface area contributed by atoms with Gasteiger partial charge in [-0.1, -0.05) is 36.2 Å². The van der Waals surface area contributed by atoms with Crippen molar-refractivity contribution in [2.75, 3.05) is 31.3 Å². The van der Waals surface area contributed by atoms with Crippen LogP contribution in [0, 0.1) is 0 Å². The molecule has 0 radical (unpaired) electrons. The predicted molar refractivity (Wildman–Crippen MR) is 144 cm³/mol. The van der Waals surface area contributed by atoms with Gasteiger partial charge in [0.1, 0.15) is 17.8 Å². The zero-order valence-electron chi connectivity index (χ0n) is 20.3. The number of carbonyl (C=O) groups excluding carboxylic acids is 1. The van der Waals surface area contributed by atoms with Gasteiger partial charge in [-0.05, 0) is 56.3 Å². The van der Waals surface area contributed by atoms with Crippen LogP contribution in [0.25, 0.3) is 28.0 Å². The van der Waals surface area contributed by atoms with Gasteiger partial charge >= 0.3 is 0 Å². The lowest BCUT2D eigenvalue weighted by Crippen LogP contribution is -2.37. The van der Waals surface area contributed by atoms with E-state index in [9.17, 15) is 4.79 Å². The quantitative estimate of drug-likeness (QED) is 0.368. The summed E-state index contributed by atoms with van der Waals surface area (Å²) in [5, 5.41) is 6.12. The number of fused-ring (bicyclic) bond motifs is 1. The fraction of sp³-hybridized carbons (Fsp3) is 0.259. The lowest BCUT2D eigenvalue weighted by atomic mass is 9.92. The maximum atomic E-state index is 12.7. The van der Waals surface area contributed by atoms with E-state index < -0.39 is 0 Å². The van der Waals surface area contributed by atoms with E-state index in [1.165, 1.54) is 25.6 Å². The van der Waals surface area contributed by atoms with Gasteiger partial charge in [-0.15, -0.1) is 0 Å². The second-order valence-corrected chi connectivity index (χ2v) is 9.50. The number of nitrogens with two attached hydrogens (primary N) is 1. The van der Waals surface area contributed by atoms with Crippen LogP contribution in [0.3, 0.4) is 0 Å². The highest BCUT2D eigenvalue weighted by Gasteiger charge is 2.21. The Bertz CT molecular complexity index is 1410. The van der Waals surface area contributed by atoms with E-state index in [0.29, 0.717) is 33.6 Å². The number of rotatable bonds is 7. The van der Waals surface area contributed by atoms with Gasteiger partial charge in [0.25, 0.3) is 0 Å². The zero-order chi connectivity index (χ0) is 25.2. The molecule has 0 unspecified atom stereocenters. The average Bonchev–Trinajstić information content (AvgIpc) is 3.24. The molecule has 9 heteroatoms. The highest BCUT2D eigenvalue weighted by molar-refractivity contribution is 6.30. The van der Waals surface area contributed by atoms with Crippen LogP contribution in [0.15, 0.2) is 67.0 Å². The molecule has 4 aromatic rings. The summed E-state index contributed by atoms with van der Waals surface area (Å²) in [5.74, 6) is 0.285. The Labute approximate surface area is 215 Å². The highest BCUT2D eigenvalue weighted by atomic mass is 35.5. The molecule has 1 aliphatic rings. The largest absolute Gasteiger partial charge is 0.383 e. The van der Waals surface area contributed by atoms with Crippen molar-refractivity contribution in [1.82, 2.24) is 24.6 Å². The first-order valence-corrected chi connectivity index (χ1v) is 12.3. The molecule has 2 aromatic heterocycles. The fourth-order valence-electron chi connectivity index (χ4n) is 4.32. The van der Waals surface area contributed by atoms with Gasteiger partial charge in [-0.2, -0.15) is 5.10 Å². The Hall–Kier alpha value is -3.75. The van der Waals surface area contributed by atoms with Crippen LogP contribution in [0.1, 0.15) is 19.3 Å². The normalized spacial score (nSPS) is 14.0. The molecule has 0 bridgehead atoms. The van der Waals surface area contributed by atoms with Gasteiger partial charge in [0.05, 0.1) is 11.1 Å². The third-order valence-electron chi connectivity index (χ3n) is 6.78. The van der Waals surface area contributed by atoms with Crippen molar-refractivity contribution in [2.24, 2.45) is 0 Å². The molecular weight excluding hydrogens is 474 g/mol. The van der Waals surface area contributed by atoms with Gasteiger partial charge in [0, 0.05) is 42.0 Å². The monoisotopic (exact) mass is 501 g/mol. The Kier molecular flexibility index (Phi) is 6.71. The molecule has 0 spiro atoms. The first-order valence-electron chi connectivity index (χ1n) is 11.9. The standard InChI is InChI=1S/C27H28ClN7O/c1-33(20-5-3-6-20)16-4-7-23(36)34(2)21-12-14-22(15-13-21)35-27-24(26(29)30-17-31-27)25(32-35)18-8-10-19(28)11-9-18/h4,7-15,17,20H,3,5-6,16H2,1-2H3,(H2,29,30,31)/b7-4+. The minimum Gasteiger partial charge on any atom is -0.383 e. The van der Waals surface area contributed by atoms with E-state index in [-0.39, 0.29) is 5.91 Å². The van der Waals surface area contributed by atoms with E-state index >= 15 is 0 Å². The number of anilines is 2. The van der Waals surface area contributed by atoms with Gasteiger partial charge in [0.2, 0.25) is 5.91 Å². The molecule has 0 aliphatic heterocycles. The number of hydrogen-bond donors (Lipinski definition) is 1. The minimum absolute atomic E-state index is 0.0696. The Morgan fingerprint density at radius 1 is 1.11 bits per heavy atom. The minimum atomic E-state index is -0.0696. The number of benzene rings is 2. The fourth-order valence-corrected chi connectivity index (χ4v) is 4.44. The van der Waals surface area contributed by atoms with Crippen LogP contribution in [0.4, 0.5) is 11.5 Å². The third kappa shape index (κ3) is 4.69. The van der Waals surface area contributed by atoms with Crippen LogP contribution < -0.4 is 10.6 Å². The van der Waals surface area contributed by atoms with Gasteiger partial charge in [0.15, 0.2) is 5.65 Å². The second-order valence-electron chi connectivity index (χ2n) is 9.07. The summed E-state index contributed by atoms with van der Waals surface area (Å²) in [5.41, 5.74) is 9.93. The first-order chi connectivity index (χ1) is 17.4. The van der Waals surface area contributed by atoms with Crippen molar-refractivity contribution in [3.8, 4) is 16.9 Å². The van der Waals surface area contributed by atoms with Crippen molar-refractivity contribution in [1.29, 1.82) is 0 Å². The molecule has 1 aliphatic carbocycles. The first kappa shape index (κ1) is 24.0. The maximum Gasteiger partial charge on any atom is 0.250 e. The van der Waals surface area contributed by atoms with E-state index in [2.05, 4.69) is 21.9 Å². The van der Waals surface area contributed by atoms with E-state index in [1.807, 2.05) is 54.6 Å². The highest BCUT2D eigenvalue weighted by Crippen LogP contribution is 2.32. The molecule has 1 amide bonds. The Balaban J connectivity index is 1.38. The molecular formula is C27H28ClN7O. The van der Waals surface area contributed by atoms with Crippen molar-refractivity contribution in [2.45, 2.75) is 25.3 Å². The predicted octanol–water partition coefficient (Wildman–Crippen LogP) is 4.72. The molecule has 0 saturated heterocycles. The lowest BCUT2D eigenvalue weighted by molar-refractivity contribution is -0.113. The summed E-state index contributed by atoms with van der Waals surface area (Å²) >= 11 is 6.07. The number of halogens is 1. The summed E-state index contributed by atoms with van der Waals surface area (Å²) in [6, 6.07) is 15.6. The summed E-state index contributed by atoms with van der Waals surface area (Å²) in [6.45, 7) is 0.774. The zero-order valence-corrected chi connectivity index (χ0v) is 21.1. The van der Waals surface area contributed by atoms with Crippen LogP contribution in [0.5, 0.6) is 0 Å². The second kappa shape index (κ2) is 10.1. The summed E-state index contributed by atoms with van der Waals surface area (Å²) < 4.78 is 1.74. The molecule has 1 fully saturated rings. The van der Waals surface area contributed by atoms with Gasteiger partial charge < -0.3 is 10.6 Å². The molecule has 184 valence electrons. The molecule has 0 atom stereocenters. The van der Waals surface area contributed by atoms with Gasteiger partial charge in [-0.25, -0.2) is 14.6 Å². The van der Waals surface area contributed by atoms with Crippen LogP contribution >= 0.6 is 11.6 Å². The van der Waals surface area contributed by atoms with Crippen LogP contribution in [0.2, 0.25) is 5.02 Å². The molecule has 1 saturated carbocycles. The summed E-state index contributed by atoms with van der Waals surface area (Å²) in [7, 11) is 3.88. The average molecular weight is 502 g/mol. The summed E-state index contributed by atoms with van der Waals surface area (Å²) in [4.78, 5) is 25.2. The molecule has 2 heterocycles. The molecule has 8 nitrogen and oxygen atoms in total. The number of carbonyl (C=O) groups is 1. The van der Waals surface area contributed by atoms with Crippen molar-refractivity contribution in [3.05, 3.63) is 72.0 Å². The van der Waals surface area contributed by atoms with E-state index in [1.54, 1.807) is 22.7 Å². The number of likely N-dealkylation sites (N-methyl/N-ethyl adjacent to an activating group) is 2. The summed E-state index contributed by atoms with van der Waals surface area (Å²) in [6.07, 6.45) is 8.79. The third-order valence-corrected chi connectivity index (χ3v) is 7.03. The molecule has 2 aromatic carbocycles. The van der Waals surface area contributed by atoms with E-state index in [0.717, 1.165) is 23.5 Å². The SMILES string of the molecule is CN(C(=O)/C=C/CN(C)C1CCC1)c1ccc(-n2nc(-c3ccc(Cl)cc3)c3c(N)ncnc32)cc1. The molecule has 36 heavy (non-hydrogen) atoms. The smallest absolute Gasteiger partial charge is 0.250 e. The van der Waals surface area contributed by atoms with Gasteiger partial charge in [-0.3, -0.25) is 9.69 Å². The Morgan fingerprint density at radius 2 is 1.83 bits per heavy atom. The lowest BCUT2D eigenvalue weighted by Gasteiger charge is -2.33. The number of amides is 1. The van der Waals surface area contributed by atoms with Crippen LogP contribution in [-0.2, 0) is 4.79 Å². The molecule has 2 N–H and O–H groups in total. The van der Waals surface area contributed by atoms with Crippen molar-refractivity contribution >= 4 is 40.0 Å². The molecule has 5 rings (SSSR count). The maximum absolute atomic E-state index is 12.7.